The lowest BCUT2D eigenvalue weighted by Crippen LogP contribution is -2.48. The normalized spacial score (nSPS) is 13.7. The smallest absolute Gasteiger partial charge is 0.255 e. The molecule has 10 heteroatoms. The van der Waals surface area contributed by atoms with Gasteiger partial charge in [0.15, 0.2) is 4.34 Å². The third-order valence-corrected chi connectivity index (χ3v) is 8.11. The molecule has 172 valence electrons. The Kier molecular flexibility index (Phi) is 8.25. The number of amides is 2. The molecule has 0 unspecified atom stereocenters. The van der Waals surface area contributed by atoms with Gasteiger partial charge in [-0.05, 0) is 30.0 Å². The van der Waals surface area contributed by atoms with Crippen molar-refractivity contribution in [3.63, 3.8) is 0 Å². The van der Waals surface area contributed by atoms with Crippen LogP contribution in [0.25, 0.3) is 0 Å². The van der Waals surface area contributed by atoms with Crippen LogP contribution in [-0.4, -0.2) is 64.6 Å². The third kappa shape index (κ3) is 6.27. The van der Waals surface area contributed by atoms with Crippen LogP contribution < -0.4 is 10.2 Å². The number of piperazine rings is 1. The summed E-state index contributed by atoms with van der Waals surface area (Å²) in [5.41, 5.74) is 1.56. The van der Waals surface area contributed by atoms with Crippen LogP contribution in [0.15, 0.2) is 63.8 Å². The molecule has 0 saturated carbocycles. The lowest BCUT2D eigenvalue weighted by atomic mass is 10.2. The molecular weight excluding hydrogens is 474 g/mol. The third-order valence-electron chi connectivity index (χ3n) is 5.03. The van der Waals surface area contributed by atoms with E-state index >= 15 is 0 Å². The van der Waals surface area contributed by atoms with Crippen LogP contribution in [0.3, 0.4) is 0 Å². The van der Waals surface area contributed by atoms with Crippen molar-refractivity contribution in [2.45, 2.75) is 16.2 Å². The fourth-order valence-electron chi connectivity index (χ4n) is 3.43. The van der Waals surface area contributed by atoms with E-state index in [9.17, 15) is 9.59 Å². The highest BCUT2D eigenvalue weighted by Gasteiger charge is 2.25. The highest BCUT2D eigenvalue weighted by Crippen LogP contribution is 2.29. The van der Waals surface area contributed by atoms with Crippen molar-refractivity contribution in [3.05, 3.63) is 60.2 Å². The number of hydrogen-bond donors (Lipinski definition) is 1. The number of para-hydroxylation sites is 1. The highest BCUT2D eigenvalue weighted by molar-refractivity contribution is 8.01. The van der Waals surface area contributed by atoms with Crippen molar-refractivity contribution in [2.75, 3.05) is 47.9 Å². The summed E-state index contributed by atoms with van der Waals surface area (Å²) in [4.78, 5) is 30.3. The minimum atomic E-state index is -0.0726. The van der Waals surface area contributed by atoms with E-state index in [2.05, 4.69) is 27.3 Å². The Morgan fingerprint density at radius 2 is 1.70 bits per heavy atom. The van der Waals surface area contributed by atoms with Crippen molar-refractivity contribution in [1.82, 2.24) is 15.1 Å². The van der Waals surface area contributed by atoms with Crippen LogP contribution in [0.1, 0.15) is 17.3 Å². The molecule has 2 amide bonds. The van der Waals surface area contributed by atoms with Crippen LogP contribution in [-0.2, 0) is 4.79 Å². The first-order valence-electron chi connectivity index (χ1n) is 10.7. The summed E-state index contributed by atoms with van der Waals surface area (Å²) in [6.07, 6.45) is 0. The lowest BCUT2D eigenvalue weighted by molar-refractivity contribution is -0.113. The molecule has 1 fully saturated rings. The minimum Gasteiger partial charge on any atom is -0.343 e. The van der Waals surface area contributed by atoms with Crippen LogP contribution in [0.2, 0.25) is 0 Å². The largest absolute Gasteiger partial charge is 0.343 e. The van der Waals surface area contributed by atoms with Crippen LogP contribution >= 0.6 is 34.9 Å². The van der Waals surface area contributed by atoms with E-state index in [0.29, 0.717) is 26.2 Å². The van der Waals surface area contributed by atoms with Crippen molar-refractivity contribution in [2.24, 2.45) is 0 Å². The maximum Gasteiger partial charge on any atom is 0.255 e. The number of hydrogen-bond acceptors (Lipinski definition) is 8. The monoisotopic (exact) mass is 499 g/mol. The maximum atomic E-state index is 13.1. The molecule has 2 heterocycles. The quantitative estimate of drug-likeness (QED) is 0.462. The van der Waals surface area contributed by atoms with Gasteiger partial charge in [0.25, 0.3) is 5.91 Å². The van der Waals surface area contributed by atoms with Gasteiger partial charge in [0.1, 0.15) is 0 Å². The second-order valence-corrected chi connectivity index (χ2v) is 10.7. The molecule has 0 spiro atoms. The molecule has 1 aliphatic rings. The average Bonchev–Trinajstić information content (AvgIpc) is 3.33. The van der Waals surface area contributed by atoms with Gasteiger partial charge in [-0.15, -0.1) is 22.0 Å². The summed E-state index contributed by atoms with van der Waals surface area (Å²) >= 11 is 4.56. The van der Waals surface area contributed by atoms with E-state index < -0.39 is 0 Å². The van der Waals surface area contributed by atoms with Crippen molar-refractivity contribution in [1.29, 1.82) is 0 Å². The van der Waals surface area contributed by atoms with Gasteiger partial charge in [0, 0.05) is 36.8 Å². The van der Waals surface area contributed by atoms with Crippen LogP contribution in [0.5, 0.6) is 0 Å². The first-order valence-corrected chi connectivity index (χ1v) is 13.5. The first kappa shape index (κ1) is 23.6. The fourth-order valence-corrected chi connectivity index (χ4v) is 5.92. The van der Waals surface area contributed by atoms with E-state index in [1.165, 1.54) is 23.1 Å². The van der Waals surface area contributed by atoms with E-state index in [1.807, 2.05) is 59.5 Å². The van der Waals surface area contributed by atoms with Gasteiger partial charge < -0.3 is 15.1 Å². The minimum absolute atomic E-state index is 0.0726. The number of benzene rings is 2. The number of nitrogens with zero attached hydrogens (tertiary/aromatic N) is 4. The molecule has 0 aliphatic carbocycles. The molecule has 0 radical (unpaired) electrons. The maximum absolute atomic E-state index is 13.1. The standard InChI is InChI=1S/C23H25N5O2S3/c1-2-31-19-11-7-6-10-18(19)21(30)27-12-14-28(15-13-27)22-25-26-23(33-22)32-16-20(29)24-17-8-4-3-5-9-17/h3-11H,2,12-16H2,1H3,(H,24,29). The fraction of sp³-hybridized carbons (Fsp3) is 0.304. The molecule has 2 aromatic carbocycles. The summed E-state index contributed by atoms with van der Waals surface area (Å²) in [6, 6.07) is 17.2. The zero-order valence-corrected chi connectivity index (χ0v) is 20.7. The van der Waals surface area contributed by atoms with Crippen molar-refractivity contribution < 1.29 is 9.59 Å². The second-order valence-electron chi connectivity index (χ2n) is 7.26. The zero-order chi connectivity index (χ0) is 23.0. The van der Waals surface area contributed by atoms with Gasteiger partial charge in [-0.1, -0.05) is 60.4 Å². The molecule has 4 rings (SSSR count). The molecule has 0 atom stereocenters. The van der Waals surface area contributed by atoms with Gasteiger partial charge in [-0.25, -0.2) is 0 Å². The number of aromatic nitrogens is 2. The van der Waals surface area contributed by atoms with Crippen molar-refractivity contribution >= 4 is 57.5 Å². The Morgan fingerprint density at radius 1 is 0.970 bits per heavy atom. The van der Waals surface area contributed by atoms with E-state index in [4.69, 9.17) is 0 Å². The first-order chi connectivity index (χ1) is 16.1. The van der Waals surface area contributed by atoms with Gasteiger partial charge in [-0.2, -0.15) is 0 Å². The topological polar surface area (TPSA) is 78.4 Å². The Labute approximate surface area is 206 Å². The van der Waals surface area contributed by atoms with Crippen LogP contribution in [0.4, 0.5) is 10.8 Å². The molecule has 1 aliphatic heterocycles. The predicted molar refractivity (Wildman–Crippen MR) is 137 cm³/mol. The predicted octanol–water partition coefficient (Wildman–Crippen LogP) is 4.34. The molecular formula is C23H25N5O2S3. The van der Waals surface area contributed by atoms with Gasteiger partial charge in [-0.3, -0.25) is 9.59 Å². The molecule has 1 saturated heterocycles. The summed E-state index contributed by atoms with van der Waals surface area (Å²) in [6.45, 7) is 4.80. The van der Waals surface area contributed by atoms with E-state index in [1.54, 1.807) is 11.8 Å². The van der Waals surface area contributed by atoms with Gasteiger partial charge in [0.2, 0.25) is 11.0 Å². The highest BCUT2D eigenvalue weighted by atomic mass is 32.2. The Hall–Kier alpha value is -2.56. The van der Waals surface area contributed by atoms with E-state index in [0.717, 1.165) is 31.4 Å². The number of carbonyl (C=O) groups excluding carboxylic acids is 2. The van der Waals surface area contributed by atoms with Crippen LogP contribution in [0, 0.1) is 0 Å². The molecule has 1 aromatic heterocycles. The number of anilines is 2. The average molecular weight is 500 g/mol. The lowest BCUT2D eigenvalue weighted by Gasteiger charge is -2.34. The molecule has 33 heavy (non-hydrogen) atoms. The summed E-state index contributed by atoms with van der Waals surface area (Å²) in [7, 11) is 0. The van der Waals surface area contributed by atoms with E-state index in [-0.39, 0.29) is 17.6 Å². The second kappa shape index (κ2) is 11.5. The molecule has 1 N–H and O–H groups in total. The van der Waals surface area contributed by atoms with Gasteiger partial charge >= 0.3 is 0 Å². The SMILES string of the molecule is CCSc1ccccc1C(=O)N1CCN(c2nnc(SCC(=O)Nc3ccccc3)s2)CC1. The number of thioether (sulfide) groups is 2. The Balaban J connectivity index is 1.27. The summed E-state index contributed by atoms with van der Waals surface area (Å²) < 4.78 is 0.761. The van der Waals surface area contributed by atoms with Gasteiger partial charge in [0.05, 0.1) is 11.3 Å². The number of carbonyl (C=O) groups is 2. The Bertz CT molecular complexity index is 1080. The molecule has 7 nitrogen and oxygen atoms in total. The molecule has 3 aromatic rings. The van der Waals surface area contributed by atoms with Crippen molar-refractivity contribution in [3.8, 4) is 0 Å². The Morgan fingerprint density at radius 3 is 2.45 bits per heavy atom. The number of rotatable bonds is 8. The molecule has 0 bridgehead atoms. The number of nitrogens with one attached hydrogen (secondary N) is 1. The summed E-state index contributed by atoms with van der Waals surface area (Å²) in [5, 5.41) is 12.2. The summed E-state index contributed by atoms with van der Waals surface area (Å²) in [5.74, 6) is 1.23. The zero-order valence-electron chi connectivity index (χ0n) is 18.3.